The molecule has 3 N–H and O–H groups in total. The van der Waals surface area contributed by atoms with E-state index in [0.29, 0.717) is 24.2 Å². The van der Waals surface area contributed by atoms with Crippen molar-refractivity contribution in [3.63, 3.8) is 0 Å². The van der Waals surface area contributed by atoms with Gasteiger partial charge in [-0.15, -0.1) is 0 Å². The van der Waals surface area contributed by atoms with Crippen LogP contribution in [0.3, 0.4) is 0 Å². The smallest absolute Gasteiger partial charge is 0.131 e. The van der Waals surface area contributed by atoms with Crippen LogP contribution >= 0.6 is 11.8 Å². The Hall–Kier alpha value is -1.05. The first kappa shape index (κ1) is 16.3. The minimum atomic E-state index is -0.755. The Balaban J connectivity index is 1.88. The fraction of sp³-hybridized carbons (Fsp3) is 0.714. The second kappa shape index (κ2) is 7.82. The van der Waals surface area contributed by atoms with Gasteiger partial charge in [0, 0.05) is 25.0 Å². The van der Waals surface area contributed by atoms with Crippen LogP contribution in [0.5, 0.6) is 0 Å². The molecule has 1 aliphatic rings. The van der Waals surface area contributed by atoms with Crippen molar-refractivity contribution in [2.24, 2.45) is 0 Å². The lowest BCUT2D eigenvalue weighted by atomic mass is 10.1. The van der Waals surface area contributed by atoms with Crippen molar-refractivity contribution in [3.8, 4) is 0 Å². The van der Waals surface area contributed by atoms with E-state index in [1.165, 1.54) is 6.33 Å². The van der Waals surface area contributed by atoms with Crippen molar-refractivity contribution < 1.29 is 9.84 Å². The number of rotatable bonds is 7. The molecule has 1 fully saturated rings. The Bertz CT molecular complexity index is 439. The van der Waals surface area contributed by atoms with Crippen LogP contribution in [0.1, 0.15) is 19.8 Å². The molecule has 0 unspecified atom stereocenters. The van der Waals surface area contributed by atoms with Crippen LogP contribution in [0.2, 0.25) is 0 Å². The number of nitrogens with zero attached hydrogens (tertiary/aromatic N) is 2. The molecular weight excluding hydrogens is 288 g/mol. The molecule has 1 aliphatic heterocycles. The molecule has 7 heteroatoms. The molecule has 21 heavy (non-hydrogen) atoms. The van der Waals surface area contributed by atoms with Crippen molar-refractivity contribution in [2.45, 2.75) is 31.4 Å². The number of nitrogens with one attached hydrogen (secondary N) is 2. The summed E-state index contributed by atoms with van der Waals surface area (Å²) in [5.41, 5.74) is -0.755. The summed E-state index contributed by atoms with van der Waals surface area (Å²) in [6.07, 6.45) is 5.67. The highest BCUT2D eigenvalue weighted by molar-refractivity contribution is 7.98. The minimum Gasteiger partial charge on any atom is -0.387 e. The molecule has 2 heterocycles. The Labute approximate surface area is 130 Å². The van der Waals surface area contributed by atoms with E-state index >= 15 is 0 Å². The summed E-state index contributed by atoms with van der Waals surface area (Å²) in [7, 11) is 0. The Kier molecular flexibility index (Phi) is 6.08. The van der Waals surface area contributed by atoms with E-state index in [0.717, 1.165) is 31.9 Å². The molecule has 1 aromatic heterocycles. The highest BCUT2D eigenvalue weighted by atomic mass is 32.2. The lowest BCUT2D eigenvalue weighted by molar-refractivity contribution is 0.0875. The van der Waals surface area contributed by atoms with Gasteiger partial charge >= 0.3 is 0 Å². The molecule has 2 rings (SSSR count). The van der Waals surface area contributed by atoms with Crippen LogP contribution in [-0.4, -0.2) is 58.5 Å². The maximum absolute atomic E-state index is 10.1. The summed E-state index contributed by atoms with van der Waals surface area (Å²) in [5, 5.41) is 16.7. The molecule has 2 atom stereocenters. The number of aliphatic hydroxyl groups is 1. The van der Waals surface area contributed by atoms with E-state index in [4.69, 9.17) is 4.74 Å². The van der Waals surface area contributed by atoms with Crippen LogP contribution in [-0.2, 0) is 4.74 Å². The zero-order valence-electron chi connectivity index (χ0n) is 12.6. The molecule has 6 nitrogen and oxygen atoms in total. The topological polar surface area (TPSA) is 79.3 Å². The van der Waals surface area contributed by atoms with Gasteiger partial charge in [-0.3, -0.25) is 0 Å². The van der Waals surface area contributed by atoms with Crippen molar-refractivity contribution in [1.82, 2.24) is 9.97 Å². The predicted octanol–water partition coefficient (Wildman–Crippen LogP) is 1.59. The molecule has 0 amide bonds. The maximum atomic E-state index is 10.1. The van der Waals surface area contributed by atoms with Gasteiger partial charge in [0.25, 0.3) is 0 Å². The van der Waals surface area contributed by atoms with Crippen LogP contribution in [0, 0.1) is 0 Å². The summed E-state index contributed by atoms with van der Waals surface area (Å²) in [6.45, 7) is 3.83. The average molecular weight is 312 g/mol. The first-order valence-electron chi connectivity index (χ1n) is 7.20. The van der Waals surface area contributed by atoms with Crippen molar-refractivity contribution >= 4 is 23.4 Å². The lowest BCUT2D eigenvalue weighted by Crippen LogP contribution is -2.36. The first-order chi connectivity index (χ1) is 10.1. The molecule has 0 aliphatic carbocycles. The van der Waals surface area contributed by atoms with Gasteiger partial charge < -0.3 is 20.5 Å². The zero-order chi connectivity index (χ0) is 15.1. The summed E-state index contributed by atoms with van der Waals surface area (Å²) >= 11 is 1.62. The van der Waals surface area contributed by atoms with Crippen LogP contribution in [0.15, 0.2) is 12.4 Å². The van der Waals surface area contributed by atoms with E-state index in [1.807, 2.05) is 19.2 Å². The third-order valence-corrected chi connectivity index (χ3v) is 4.20. The number of aromatic nitrogens is 2. The number of thioether (sulfide) groups is 1. The van der Waals surface area contributed by atoms with Gasteiger partial charge in [0.2, 0.25) is 0 Å². The molecular formula is C14H24N4O2S. The van der Waals surface area contributed by atoms with Gasteiger partial charge in [-0.1, -0.05) is 0 Å². The van der Waals surface area contributed by atoms with Gasteiger partial charge in [0.1, 0.15) is 18.0 Å². The van der Waals surface area contributed by atoms with Crippen molar-refractivity contribution in [2.75, 3.05) is 42.4 Å². The quantitative estimate of drug-likeness (QED) is 0.705. The third-order valence-electron chi connectivity index (χ3n) is 3.29. The molecule has 118 valence electrons. The standard InChI is InChI=1S/C14H24N4O2S/c1-14(19,9-21-2)8-15-12-6-13(17-10-16-12)18-11-4-3-5-20-7-11/h6,10-11,19H,3-5,7-9H2,1-2H3,(H2,15,16,17,18)/t11-,14-/m0/s1. The Morgan fingerprint density at radius 1 is 1.48 bits per heavy atom. The molecule has 1 aromatic rings. The predicted molar refractivity (Wildman–Crippen MR) is 87.0 cm³/mol. The second-order valence-electron chi connectivity index (χ2n) is 5.63. The van der Waals surface area contributed by atoms with E-state index < -0.39 is 5.60 Å². The van der Waals surface area contributed by atoms with Crippen LogP contribution in [0.25, 0.3) is 0 Å². The number of ether oxygens (including phenoxy) is 1. The SMILES string of the molecule is CSC[C@@](C)(O)CNc1cc(N[C@H]2CCCOC2)ncn1. The van der Waals surface area contributed by atoms with E-state index in [9.17, 15) is 5.11 Å². The molecule has 1 saturated heterocycles. The molecule has 0 aromatic carbocycles. The van der Waals surface area contributed by atoms with Crippen molar-refractivity contribution in [1.29, 1.82) is 0 Å². The fourth-order valence-corrected chi connectivity index (χ4v) is 2.96. The summed E-state index contributed by atoms with van der Waals surface area (Å²) < 4.78 is 5.45. The Morgan fingerprint density at radius 2 is 2.29 bits per heavy atom. The van der Waals surface area contributed by atoms with Crippen LogP contribution < -0.4 is 10.6 Å². The lowest BCUT2D eigenvalue weighted by Gasteiger charge is -2.24. The fourth-order valence-electron chi connectivity index (χ4n) is 2.24. The summed E-state index contributed by atoms with van der Waals surface area (Å²) in [6, 6.07) is 2.17. The molecule has 0 bridgehead atoms. The Morgan fingerprint density at radius 3 is 3.00 bits per heavy atom. The van der Waals surface area contributed by atoms with Gasteiger partial charge in [-0.05, 0) is 26.0 Å². The average Bonchev–Trinajstić information content (AvgIpc) is 2.47. The van der Waals surface area contributed by atoms with E-state index in [2.05, 4.69) is 20.6 Å². The zero-order valence-corrected chi connectivity index (χ0v) is 13.4. The first-order valence-corrected chi connectivity index (χ1v) is 8.60. The summed E-state index contributed by atoms with van der Waals surface area (Å²) in [4.78, 5) is 8.41. The highest BCUT2D eigenvalue weighted by Crippen LogP contribution is 2.16. The number of hydrogen-bond donors (Lipinski definition) is 3. The molecule has 0 saturated carbocycles. The van der Waals surface area contributed by atoms with Gasteiger partial charge in [-0.2, -0.15) is 11.8 Å². The van der Waals surface area contributed by atoms with Gasteiger partial charge in [0.15, 0.2) is 0 Å². The largest absolute Gasteiger partial charge is 0.387 e. The third kappa shape index (κ3) is 5.68. The highest BCUT2D eigenvalue weighted by Gasteiger charge is 2.19. The minimum absolute atomic E-state index is 0.307. The number of anilines is 2. The van der Waals surface area contributed by atoms with Crippen molar-refractivity contribution in [3.05, 3.63) is 12.4 Å². The summed E-state index contributed by atoms with van der Waals surface area (Å²) in [5.74, 6) is 2.17. The number of hydrogen-bond acceptors (Lipinski definition) is 7. The van der Waals surface area contributed by atoms with Gasteiger partial charge in [-0.25, -0.2) is 9.97 Å². The van der Waals surface area contributed by atoms with Crippen LogP contribution in [0.4, 0.5) is 11.6 Å². The molecule has 0 radical (unpaired) electrons. The van der Waals surface area contributed by atoms with E-state index in [1.54, 1.807) is 11.8 Å². The molecule has 0 spiro atoms. The van der Waals surface area contributed by atoms with Gasteiger partial charge in [0.05, 0.1) is 18.2 Å². The van der Waals surface area contributed by atoms with E-state index in [-0.39, 0.29) is 0 Å². The second-order valence-corrected chi connectivity index (χ2v) is 6.50. The monoisotopic (exact) mass is 312 g/mol. The normalized spacial score (nSPS) is 21.6. The maximum Gasteiger partial charge on any atom is 0.131 e.